The van der Waals surface area contributed by atoms with Gasteiger partial charge in [0, 0.05) is 35.9 Å². The molecule has 0 radical (unpaired) electrons. The van der Waals surface area contributed by atoms with E-state index in [-0.39, 0.29) is 18.3 Å². The molecule has 0 bridgehead atoms. The van der Waals surface area contributed by atoms with E-state index in [0.29, 0.717) is 59.5 Å². The number of methoxy groups -OCH3 is 2. The SMILES string of the molecule is COCCO[C@]1(C(=O)O)CC[C@@H](c2nc3c(-c4ccc(-c5ccc(OC)c(F)c5)nc4)cnn3c(N)c2Br)CC1. The molecule has 3 heterocycles. The number of pyridine rings is 1. The molecule has 3 N–H and O–H groups in total. The molecule has 0 atom stereocenters. The first-order chi connectivity index (χ1) is 19.3. The highest BCUT2D eigenvalue weighted by molar-refractivity contribution is 9.10. The average Bonchev–Trinajstić information content (AvgIpc) is 3.39. The molecule has 210 valence electrons. The summed E-state index contributed by atoms with van der Waals surface area (Å²) in [6.07, 6.45) is 5.20. The Labute approximate surface area is 238 Å². The molecule has 1 aromatic carbocycles. The van der Waals surface area contributed by atoms with Crippen molar-refractivity contribution in [3.8, 4) is 28.1 Å². The Bertz CT molecular complexity index is 1540. The van der Waals surface area contributed by atoms with Crippen LogP contribution < -0.4 is 10.5 Å². The van der Waals surface area contributed by atoms with E-state index in [1.165, 1.54) is 13.2 Å². The van der Waals surface area contributed by atoms with Crippen molar-refractivity contribution in [2.45, 2.75) is 37.2 Å². The first-order valence-electron chi connectivity index (χ1n) is 12.8. The maximum atomic E-state index is 14.2. The van der Waals surface area contributed by atoms with Gasteiger partial charge in [-0.15, -0.1) is 0 Å². The zero-order valence-corrected chi connectivity index (χ0v) is 23.6. The zero-order valence-electron chi connectivity index (χ0n) is 22.1. The minimum atomic E-state index is -1.24. The predicted molar refractivity (Wildman–Crippen MR) is 150 cm³/mol. The van der Waals surface area contributed by atoms with Gasteiger partial charge in [-0.3, -0.25) is 4.98 Å². The Morgan fingerprint density at radius 3 is 2.55 bits per heavy atom. The summed E-state index contributed by atoms with van der Waals surface area (Å²) >= 11 is 3.60. The first-order valence-corrected chi connectivity index (χ1v) is 13.6. The molecular formula is C28H29BrFN5O5. The number of anilines is 1. The van der Waals surface area contributed by atoms with Crippen molar-refractivity contribution >= 4 is 33.4 Å². The highest BCUT2D eigenvalue weighted by Gasteiger charge is 2.44. The van der Waals surface area contributed by atoms with Crippen LogP contribution in [0.25, 0.3) is 28.0 Å². The molecule has 0 unspecified atom stereocenters. The number of nitrogens with two attached hydrogens (primary N) is 1. The number of halogens is 2. The Kier molecular flexibility index (Phi) is 8.02. The lowest BCUT2D eigenvalue weighted by Crippen LogP contribution is -2.45. The van der Waals surface area contributed by atoms with Crippen LogP contribution in [0.4, 0.5) is 10.2 Å². The molecule has 12 heteroatoms. The third-order valence-corrected chi connectivity index (χ3v) is 8.22. The minimum Gasteiger partial charge on any atom is -0.494 e. The molecule has 4 aromatic rings. The summed E-state index contributed by atoms with van der Waals surface area (Å²) in [4.78, 5) is 21.6. The van der Waals surface area contributed by atoms with Gasteiger partial charge in [0.1, 0.15) is 5.82 Å². The van der Waals surface area contributed by atoms with Gasteiger partial charge in [-0.2, -0.15) is 9.61 Å². The van der Waals surface area contributed by atoms with Crippen molar-refractivity contribution in [1.29, 1.82) is 0 Å². The molecule has 1 aliphatic rings. The topological polar surface area (TPSA) is 134 Å². The summed E-state index contributed by atoms with van der Waals surface area (Å²) in [6, 6.07) is 8.37. The molecule has 1 aliphatic carbocycles. The van der Waals surface area contributed by atoms with Gasteiger partial charge in [0.2, 0.25) is 0 Å². The van der Waals surface area contributed by atoms with E-state index in [2.05, 4.69) is 26.0 Å². The van der Waals surface area contributed by atoms with Gasteiger partial charge in [-0.1, -0.05) is 6.07 Å². The fourth-order valence-electron chi connectivity index (χ4n) is 5.13. The second-order valence-electron chi connectivity index (χ2n) is 9.69. The monoisotopic (exact) mass is 613 g/mol. The van der Waals surface area contributed by atoms with Gasteiger partial charge in [0.15, 0.2) is 22.8 Å². The van der Waals surface area contributed by atoms with Crippen LogP contribution in [0.1, 0.15) is 37.3 Å². The Morgan fingerprint density at radius 2 is 1.93 bits per heavy atom. The van der Waals surface area contributed by atoms with E-state index in [4.69, 9.17) is 24.9 Å². The fourth-order valence-corrected chi connectivity index (χ4v) is 5.72. The number of carbonyl (C=O) groups is 1. The first kappa shape index (κ1) is 27.9. The maximum Gasteiger partial charge on any atom is 0.335 e. The van der Waals surface area contributed by atoms with Crippen LogP contribution in [0, 0.1) is 5.82 Å². The number of nitrogens with zero attached hydrogens (tertiary/aromatic N) is 4. The van der Waals surface area contributed by atoms with Crippen molar-refractivity contribution < 1.29 is 28.5 Å². The molecule has 1 saturated carbocycles. The quantitative estimate of drug-likeness (QED) is 0.247. The van der Waals surface area contributed by atoms with Gasteiger partial charge in [0.25, 0.3) is 0 Å². The Morgan fingerprint density at radius 1 is 1.18 bits per heavy atom. The van der Waals surface area contributed by atoms with Crippen LogP contribution in [0.2, 0.25) is 0 Å². The summed E-state index contributed by atoms with van der Waals surface area (Å²) in [7, 11) is 2.97. The maximum absolute atomic E-state index is 14.2. The molecule has 0 saturated heterocycles. The number of fused-ring (bicyclic) bond motifs is 1. The normalized spacial score (nSPS) is 19.1. The van der Waals surface area contributed by atoms with E-state index in [1.807, 2.05) is 6.07 Å². The van der Waals surface area contributed by atoms with E-state index in [0.717, 1.165) is 16.8 Å². The molecule has 1 fully saturated rings. The van der Waals surface area contributed by atoms with Crippen LogP contribution in [0.5, 0.6) is 5.75 Å². The molecular weight excluding hydrogens is 585 g/mol. The summed E-state index contributed by atoms with van der Waals surface area (Å²) in [5.41, 5.74) is 9.27. The highest BCUT2D eigenvalue weighted by Crippen LogP contribution is 2.43. The van der Waals surface area contributed by atoms with Crippen molar-refractivity contribution in [3.63, 3.8) is 0 Å². The Hall–Kier alpha value is -3.61. The van der Waals surface area contributed by atoms with Crippen molar-refractivity contribution in [2.75, 3.05) is 33.2 Å². The summed E-state index contributed by atoms with van der Waals surface area (Å²) in [5.74, 6) is -0.876. The molecule has 40 heavy (non-hydrogen) atoms. The predicted octanol–water partition coefficient (Wildman–Crippen LogP) is 5.09. The molecule has 5 rings (SSSR count). The van der Waals surface area contributed by atoms with Crippen LogP contribution in [0.3, 0.4) is 0 Å². The number of hydrogen-bond donors (Lipinski definition) is 2. The lowest BCUT2D eigenvalue weighted by molar-refractivity contribution is -0.173. The highest BCUT2D eigenvalue weighted by atomic mass is 79.9. The number of nitrogen functional groups attached to an aromatic ring is 1. The molecule has 0 amide bonds. The number of carboxylic acid groups (broad SMARTS) is 1. The van der Waals surface area contributed by atoms with Crippen LogP contribution in [0.15, 0.2) is 47.2 Å². The summed E-state index contributed by atoms with van der Waals surface area (Å²) in [6.45, 7) is 0.545. The third kappa shape index (κ3) is 5.14. The number of aliphatic carboxylic acids is 1. The number of ether oxygens (including phenoxy) is 3. The molecule has 0 aliphatic heterocycles. The lowest BCUT2D eigenvalue weighted by atomic mass is 9.77. The minimum absolute atomic E-state index is 0.0200. The Balaban J connectivity index is 1.43. The fraction of sp³-hybridized carbons (Fsp3) is 0.357. The standard InChI is InChI=1S/C28H29BrFN5O5/c1-38-11-12-40-28(27(36)37)9-7-16(8-10-28)24-23(29)25(31)35-26(34-24)19(15-33-35)18-3-5-21(32-14-18)17-4-6-22(39-2)20(30)13-17/h3-6,13-16H,7-12,31H2,1-2H3,(H,36,37)/t16-,28-. The van der Waals surface area contributed by atoms with E-state index < -0.39 is 17.4 Å². The number of hydrogen-bond acceptors (Lipinski definition) is 8. The largest absolute Gasteiger partial charge is 0.494 e. The van der Waals surface area contributed by atoms with Gasteiger partial charge in [0.05, 0.1) is 42.4 Å². The number of carboxylic acids is 1. The van der Waals surface area contributed by atoms with E-state index >= 15 is 0 Å². The van der Waals surface area contributed by atoms with Crippen molar-refractivity contribution in [1.82, 2.24) is 19.6 Å². The second kappa shape index (κ2) is 11.5. The lowest BCUT2D eigenvalue weighted by Gasteiger charge is -2.36. The smallest absolute Gasteiger partial charge is 0.335 e. The third-order valence-electron chi connectivity index (χ3n) is 7.41. The molecule has 10 nitrogen and oxygen atoms in total. The summed E-state index contributed by atoms with van der Waals surface area (Å²) in [5, 5.41) is 14.3. The van der Waals surface area contributed by atoms with Gasteiger partial charge >= 0.3 is 5.97 Å². The molecule has 3 aromatic heterocycles. The van der Waals surface area contributed by atoms with Crippen molar-refractivity contribution in [2.24, 2.45) is 0 Å². The van der Waals surface area contributed by atoms with E-state index in [9.17, 15) is 14.3 Å². The number of rotatable bonds is 9. The molecule has 0 spiro atoms. The zero-order chi connectivity index (χ0) is 28.4. The van der Waals surface area contributed by atoms with Crippen LogP contribution >= 0.6 is 15.9 Å². The van der Waals surface area contributed by atoms with E-state index in [1.54, 1.807) is 42.2 Å². The number of benzene rings is 1. The number of aromatic nitrogens is 4. The van der Waals surface area contributed by atoms with Crippen LogP contribution in [-0.2, 0) is 14.3 Å². The van der Waals surface area contributed by atoms with Gasteiger partial charge in [-0.25, -0.2) is 14.2 Å². The average molecular weight is 614 g/mol. The van der Waals surface area contributed by atoms with Gasteiger partial charge in [-0.05, 0) is 65.9 Å². The van der Waals surface area contributed by atoms with Crippen LogP contribution in [-0.4, -0.2) is 63.7 Å². The van der Waals surface area contributed by atoms with Gasteiger partial charge < -0.3 is 25.1 Å². The summed E-state index contributed by atoms with van der Waals surface area (Å²) < 4.78 is 32.2. The van der Waals surface area contributed by atoms with Crippen molar-refractivity contribution in [3.05, 3.63) is 58.7 Å². The second-order valence-corrected chi connectivity index (χ2v) is 10.5.